The number of nitro benzene ring substituents is 1. The van der Waals surface area contributed by atoms with Crippen molar-refractivity contribution in [1.82, 2.24) is 15.8 Å². The van der Waals surface area contributed by atoms with Crippen molar-refractivity contribution in [3.63, 3.8) is 0 Å². The summed E-state index contributed by atoms with van der Waals surface area (Å²) in [5.41, 5.74) is 5.70. The molecular weight excluding hydrogens is 392 g/mol. The highest BCUT2D eigenvalue weighted by Crippen LogP contribution is 2.20. The topological polar surface area (TPSA) is 117 Å². The number of nitro groups is 1. The van der Waals surface area contributed by atoms with Crippen molar-refractivity contribution >= 4 is 44.3 Å². The van der Waals surface area contributed by atoms with Crippen LogP contribution in [-0.2, 0) is 0 Å². The van der Waals surface area contributed by atoms with Crippen LogP contribution in [0.4, 0.5) is 5.69 Å². The second-order valence-corrected chi connectivity index (χ2v) is 6.04. The average molecular weight is 403 g/mol. The fourth-order valence-corrected chi connectivity index (χ4v) is 2.59. The Morgan fingerprint density at radius 2 is 1.68 bits per heavy atom. The van der Waals surface area contributed by atoms with Gasteiger partial charge in [0.05, 0.1) is 4.92 Å². The van der Waals surface area contributed by atoms with Gasteiger partial charge in [-0.2, -0.15) is 0 Å². The van der Waals surface area contributed by atoms with E-state index in [1.54, 1.807) is 6.07 Å². The molecule has 0 aliphatic carbocycles. The van der Waals surface area contributed by atoms with Gasteiger partial charge < -0.3 is 4.98 Å². The van der Waals surface area contributed by atoms with E-state index in [2.05, 4.69) is 31.8 Å². The Bertz CT molecular complexity index is 981. The molecule has 0 aliphatic rings. The number of amides is 2. The van der Waals surface area contributed by atoms with Gasteiger partial charge in [0.1, 0.15) is 5.69 Å². The SMILES string of the molecule is O=C(NNC(=O)c1cc2cc(Br)ccc2[nH]1)c1ccc([N+](=O)[O-])cc1. The second kappa shape index (κ2) is 6.73. The van der Waals surface area contributed by atoms with Crippen molar-refractivity contribution in [3.05, 3.63) is 74.4 Å². The largest absolute Gasteiger partial charge is 0.350 e. The maximum Gasteiger partial charge on any atom is 0.286 e. The van der Waals surface area contributed by atoms with Crippen LogP contribution in [-0.4, -0.2) is 21.7 Å². The summed E-state index contributed by atoms with van der Waals surface area (Å²) in [4.78, 5) is 37.1. The molecule has 0 aliphatic heterocycles. The molecule has 8 nitrogen and oxygen atoms in total. The zero-order valence-electron chi connectivity index (χ0n) is 12.6. The minimum atomic E-state index is -0.581. The van der Waals surface area contributed by atoms with Crippen LogP contribution >= 0.6 is 15.9 Å². The van der Waals surface area contributed by atoms with Crippen molar-refractivity contribution in [1.29, 1.82) is 0 Å². The highest BCUT2D eigenvalue weighted by atomic mass is 79.9. The molecule has 1 aromatic heterocycles. The van der Waals surface area contributed by atoms with E-state index in [0.29, 0.717) is 0 Å². The van der Waals surface area contributed by atoms with Crippen molar-refractivity contribution in [2.24, 2.45) is 0 Å². The lowest BCUT2D eigenvalue weighted by Gasteiger charge is -2.06. The first kappa shape index (κ1) is 16.7. The summed E-state index contributed by atoms with van der Waals surface area (Å²) in [7, 11) is 0. The molecule has 0 saturated heterocycles. The fraction of sp³-hybridized carbons (Fsp3) is 0. The molecule has 3 rings (SSSR count). The summed E-state index contributed by atoms with van der Waals surface area (Å²) in [6.45, 7) is 0. The number of hydrogen-bond donors (Lipinski definition) is 3. The van der Waals surface area contributed by atoms with Gasteiger partial charge in [-0.3, -0.25) is 30.6 Å². The molecule has 2 amide bonds. The number of halogens is 1. The molecule has 3 N–H and O–H groups in total. The standard InChI is InChI=1S/C16H11BrN4O4/c17-11-3-6-13-10(7-11)8-14(18-13)16(23)20-19-15(22)9-1-4-12(5-2-9)21(24)25/h1-8,18H,(H,19,22)(H,20,23). The number of fused-ring (bicyclic) bond motifs is 1. The molecule has 0 fully saturated rings. The van der Waals surface area contributed by atoms with Gasteiger partial charge in [-0.1, -0.05) is 15.9 Å². The number of hydrogen-bond acceptors (Lipinski definition) is 4. The Kier molecular flexibility index (Phi) is 4.48. The van der Waals surface area contributed by atoms with Gasteiger partial charge in [0.2, 0.25) is 0 Å². The van der Waals surface area contributed by atoms with Crippen LogP contribution in [0.1, 0.15) is 20.8 Å². The van der Waals surface area contributed by atoms with E-state index in [0.717, 1.165) is 15.4 Å². The molecule has 0 spiro atoms. The van der Waals surface area contributed by atoms with Crippen LogP contribution in [0.25, 0.3) is 10.9 Å². The van der Waals surface area contributed by atoms with Crippen LogP contribution in [0.3, 0.4) is 0 Å². The summed E-state index contributed by atoms with van der Waals surface area (Å²) < 4.78 is 0.887. The molecule has 0 atom stereocenters. The maximum atomic E-state index is 12.1. The van der Waals surface area contributed by atoms with Crippen LogP contribution in [0, 0.1) is 10.1 Å². The fourth-order valence-electron chi connectivity index (χ4n) is 2.21. The first-order valence-corrected chi connectivity index (χ1v) is 7.87. The van der Waals surface area contributed by atoms with Crippen molar-refractivity contribution in [2.45, 2.75) is 0 Å². The van der Waals surface area contributed by atoms with E-state index in [4.69, 9.17) is 0 Å². The van der Waals surface area contributed by atoms with Gasteiger partial charge >= 0.3 is 0 Å². The minimum absolute atomic E-state index is 0.121. The summed E-state index contributed by atoms with van der Waals surface area (Å²) in [5.74, 6) is -1.09. The molecule has 0 bridgehead atoms. The third-order valence-corrected chi connectivity index (χ3v) is 3.95. The molecule has 9 heteroatoms. The zero-order valence-corrected chi connectivity index (χ0v) is 14.2. The number of nitrogens with one attached hydrogen (secondary N) is 3. The van der Waals surface area contributed by atoms with E-state index in [9.17, 15) is 19.7 Å². The Labute approximate surface area is 149 Å². The third-order valence-electron chi connectivity index (χ3n) is 3.46. The number of benzene rings is 2. The predicted molar refractivity (Wildman–Crippen MR) is 94.0 cm³/mol. The van der Waals surface area contributed by atoms with Gasteiger partial charge in [0.25, 0.3) is 17.5 Å². The number of hydrazine groups is 1. The van der Waals surface area contributed by atoms with Gasteiger partial charge in [0.15, 0.2) is 0 Å². The highest BCUT2D eigenvalue weighted by Gasteiger charge is 2.13. The summed E-state index contributed by atoms with van der Waals surface area (Å²) in [6.07, 6.45) is 0. The van der Waals surface area contributed by atoms with Crippen LogP contribution in [0.2, 0.25) is 0 Å². The predicted octanol–water partition coefficient (Wildman–Crippen LogP) is 2.91. The monoisotopic (exact) mass is 402 g/mol. The summed E-state index contributed by atoms with van der Waals surface area (Å²) in [6, 6.07) is 12.2. The Balaban J connectivity index is 1.66. The number of aromatic nitrogens is 1. The number of rotatable bonds is 3. The first-order chi connectivity index (χ1) is 11.9. The van der Waals surface area contributed by atoms with Gasteiger partial charge in [0, 0.05) is 33.1 Å². The molecule has 1 heterocycles. The first-order valence-electron chi connectivity index (χ1n) is 7.07. The lowest BCUT2D eigenvalue weighted by Crippen LogP contribution is -2.41. The van der Waals surface area contributed by atoms with Crippen LogP contribution < -0.4 is 10.9 Å². The number of carbonyl (C=O) groups excluding carboxylic acids is 2. The van der Waals surface area contributed by atoms with E-state index < -0.39 is 16.7 Å². The van der Waals surface area contributed by atoms with Crippen molar-refractivity contribution < 1.29 is 14.5 Å². The van der Waals surface area contributed by atoms with E-state index >= 15 is 0 Å². The van der Waals surface area contributed by atoms with Gasteiger partial charge in [-0.05, 0) is 36.4 Å². The number of aromatic amines is 1. The lowest BCUT2D eigenvalue weighted by molar-refractivity contribution is -0.384. The Hall–Kier alpha value is -3.20. The van der Waals surface area contributed by atoms with Gasteiger partial charge in [-0.15, -0.1) is 0 Å². The molecule has 3 aromatic rings. The number of nitrogens with zero attached hydrogens (tertiary/aromatic N) is 1. The molecule has 0 unspecified atom stereocenters. The van der Waals surface area contributed by atoms with Crippen molar-refractivity contribution in [2.75, 3.05) is 0 Å². The highest BCUT2D eigenvalue weighted by molar-refractivity contribution is 9.10. The lowest BCUT2D eigenvalue weighted by atomic mass is 10.2. The van der Waals surface area contributed by atoms with E-state index in [1.807, 2.05) is 18.2 Å². The Morgan fingerprint density at radius 3 is 2.36 bits per heavy atom. The van der Waals surface area contributed by atoms with Crippen LogP contribution in [0.15, 0.2) is 53.0 Å². The number of non-ortho nitro benzene ring substituents is 1. The summed E-state index contributed by atoms with van der Waals surface area (Å²) >= 11 is 3.35. The number of carbonyl (C=O) groups is 2. The van der Waals surface area contributed by atoms with Gasteiger partial charge in [-0.25, -0.2) is 0 Å². The minimum Gasteiger partial charge on any atom is -0.350 e. The van der Waals surface area contributed by atoms with E-state index in [1.165, 1.54) is 24.3 Å². The maximum absolute atomic E-state index is 12.1. The molecule has 126 valence electrons. The molecule has 25 heavy (non-hydrogen) atoms. The average Bonchev–Trinajstić information content (AvgIpc) is 3.02. The number of H-pyrrole nitrogens is 1. The molecule has 0 radical (unpaired) electrons. The smallest absolute Gasteiger partial charge is 0.286 e. The summed E-state index contributed by atoms with van der Waals surface area (Å²) in [5, 5.41) is 11.4. The van der Waals surface area contributed by atoms with Crippen LogP contribution in [0.5, 0.6) is 0 Å². The molecule has 0 saturated carbocycles. The molecule has 2 aromatic carbocycles. The van der Waals surface area contributed by atoms with Crippen molar-refractivity contribution in [3.8, 4) is 0 Å². The Morgan fingerprint density at radius 1 is 1.00 bits per heavy atom. The quantitative estimate of drug-likeness (QED) is 0.461. The molecular formula is C16H11BrN4O4. The van der Waals surface area contributed by atoms with E-state index in [-0.39, 0.29) is 16.9 Å². The third kappa shape index (κ3) is 3.66. The second-order valence-electron chi connectivity index (χ2n) is 5.13. The normalized spacial score (nSPS) is 10.4. The zero-order chi connectivity index (χ0) is 18.0.